The first-order valence-electron chi connectivity index (χ1n) is 12.3. The van der Waals surface area contributed by atoms with E-state index in [-0.39, 0.29) is 0 Å². The number of fused-ring (bicyclic) bond motifs is 1. The number of likely N-dealkylation sites (tertiary alicyclic amines) is 1. The summed E-state index contributed by atoms with van der Waals surface area (Å²) >= 11 is 0. The second-order valence-corrected chi connectivity index (χ2v) is 9.46. The van der Waals surface area contributed by atoms with Gasteiger partial charge in [-0.1, -0.05) is 12.5 Å². The maximum Gasteiger partial charge on any atom is 0.161 e. The predicted molar refractivity (Wildman–Crippen MR) is 130 cm³/mol. The second kappa shape index (κ2) is 11.2. The molecule has 0 bridgehead atoms. The van der Waals surface area contributed by atoms with E-state index in [4.69, 9.17) is 14.5 Å². The zero-order valence-corrected chi connectivity index (χ0v) is 20.1. The summed E-state index contributed by atoms with van der Waals surface area (Å²) in [6.45, 7) is 9.12. The molecule has 4 rings (SSSR count). The number of aromatic nitrogens is 1. The molecule has 1 saturated heterocycles. The summed E-state index contributed by atoms with van der Waals surface area (Å²) in [4.78, 5) is 10.1. The topological polar surface area (TPSA) is 37.8 Å². The Morgan fingerprint density at radius 1 is 0.938 bits per heavy atom. The number of hydrogen-bond acceptors (Lipinski definition) is 5. The molecule has 1 aromatic heterocycles. The van der Waals surface area contributed by atoms with Crippen LogP contribution in [0.4, 0.5) is 0 Å². The van der Waals surface area contributed by atoms with E-state index in [9.17, 15) is 0 Å². The molecule has 5 nitrogen and oxygen atoms in total. The van der Waals surface area contributed by atoms with Gasteiger partial charge < -0.3 is 19.3 Å². The number of methoxy groups -OCH3 is 2. The minimum Gasteiger partial charge on any atom is -0.493 e. The Labute approximate surface area is 193 Å². The van der Waals surface area contributed by atoms with Gasteiger partial charge in [-0.2, -0.15) is 0 Å². The highest BCUT2D eigenvalue weighted by Crippen LogP contribution is 2.32. The minimum absolute atomic E-state index is 0.758. The van der Waals surface area contributed by atoms with E-state index in [1.807, 2.05) is 0 Å². The fourth-order valence-electron chi connectivity index (χ4n) is 5.32. The quantitative estimate of drug-likeness (QED) is 0.650. The number of rotatable bonds is 7. The smallest absolute Gasteiger partial charge is 0.161 e. The molecule has 1 fully saturated rings. The van der Waals surface area contributed by atoms with Gasteiger partial charge in [0.25, 0.3) is 0 Å². The van der Waals surface area contributed by atoms with Gasteiger partial charge in [0, 0.05) is 50.5 Å². The van der Waals surface area contributed by atoms with Crippen molar-refractivity contribution < 1.29 is 9.47 Å². The molecule has 2 aromatic rings. The van der Waals surface area contributed by atoms with Gasteiger partial charge in [-0.15, -0.1) is 0 Å². The molecule has 0 radical (unpaired) electrons. The van der Waals surface area contributed by atoms with E-state index < -0.39 is 0 Å². The molecule has 174 valence electrons. The van der Waals surface area contributed by atoms with E-state index in [0.29, 0.717) is 0 Å². The molecule has 32 heavy (non-hydrogen) atoms. The number of hydrogen-bond donors (Lipinski definition) is 0. The summed E-state index contributed by atoms with van der Waals surface area (Å²) in [5.41, 5.74) is 5.17. The molecule has 5 heteroatoms. The Morgan fingerprint density at radius 2 is 1.66 bits per heavy atom. The highest BCUT2D eigenvalue weighted by atomic mass is 16.5. The standard InChI is InChI=1S/C27H39N3O2/c1-21-7-6-9-25(28-21)12-16-29-13-5-4-8-22(19-29)20-30-14-10-23-17-26(31-2)27(32-3)18-24(23)11-15-30/h6-7,9,17-18,22H,4-5,8,10-16,19-20H2,1-3H3. The SMILES string of the molecule is COc1cc2c(cc1OC)CCN(CC1CCCCN(CCc3cccc(C)n3)C1)CC2. The zero-order valence-electron chi connectivity index (χ0n) is 20.1. The van der Waals surface area contributed by atoms with Crippen molar-refractivity contribution in [3.8, 4) is 11.5 Å². The van der Waals surface area contributed by atoms with Crippen LogP contribution in [-0.4, -0.2) is 68.3 Å². The maximum atomic E-state index is 5.53. The van der Waals surface area contributed by atoms with Gasteiger partial charge >= 0.3 is 0 Å². The monoisotopic (exact) mass is 437 g/mol. The van der Waals surface area contributed by atoms with Crippen molar-refractivity contribution in [2.75, 3.05) is 53.5 Å². The first kappa shape index (κ1) is 23.1. The van der Waals surface area contributed by atoms with Gasteiger partial charge in [0.05, 0.1) is 14.2 Å². The second-order valence-electron chi connectivity index (χ2n) is 9.46. The lowest BCUT2D eigenvalue weighted by molar-refractivity contribution is 0.189. The van der Waals surface area contributed by atoms with Gasteiger partial charge in [0.2, 0.25) is 0 Å². The summed E-state index contributed by atoms with van der Waals surface area (Å²) in [5, 5.41) is 0. The van der Waals surface area contributed by atoms with Crippen molar-refractivity contribution in [2.24, 2.45) is 5.92 Å². The van der Waals surface area contributed by atoms with E-state index in [1.165, 1.54) is 55.7 Å². The van der Waals surface area contributed by atoms with Crippen LogP contribution in [0.5, 0.6) is 11.5 Å². The molecule has 0 N–H and O–H groups in total. The van der Waals surface area contributed by atoms with Crippen LogP contribution in [0.25, 0.3) is 0 Å². The van der Waals surface area contributed by atoms with Gasteiger partial charge in [-0.25, -0.2) is 0 Å². The van der Waals surface area contributed by atoms with E-state index in [1.54, 1.807) is 14.2 Å². The molecule has 2 aliphatic heterocycles. The lowest BCUT2D eigenvalue weighted by Crippen LogP contribution is -2.37. The van der Waals surface area contributed by atoms with E-state index in [2.05, 4.69) is 47.1 Å². The number of ether oxygens (including phenoxy) is 2. The van der Waals surface area contributed by atoms with Gasteiger partial charge in [0.1, 0.15) is 0 Å². The van der Waals surface area contributed by atoms with Crippen LogP contribution in [0, 0.1) is 12.8 Å². The molecule has 0 aliphatic carbocycles. The van der Waals surface area contributed by atoms with Crippen LogP contribution in [-0.2, 0) is 19.3 Å². The number of nitrogens with zero attached hydrogens (tertiary/aromatic N) is 3. The Bertz CT molecular complexity index is 850. The fourth-order valence-corrected chi connectivity index (χ4v) is 5.32. The van der Waals surface area contributed by atoms with Crippen LogP contribution in [0.15, 0.2) is 30.3 Å². The fraction of sp³-hybridized carbons (Fsp3) is 0.593. The van der Waals surface area contributed by atoms with Crippen LogP contribution >= 0.6 is 0 Å². The van der Waals surface area contributed by atoms with Crippen molar-refractivity contribution in [3.05, 3.63) is 52.8 Å². The lowest BCUT2D eigenvalue weighted by atomic mass is 10.0. The van der Waals surface area contributed by atoms with Crippen LogP contribution < -0.4 is 9.47 Å². The third-order valence-electron chi connectivity index (χ3n) is 7.10. The summed E-state index contributed by atoms with van der Waals surface area (Å²) in [5.74, 6) is 2.46. The third kappa shape index (κ3) is 6.02. The first-order chi connectivity index (χ1) is 15.6. The molecule has 1 unspecified atom stereocenters. The van der Waals surface area contributed by atoms with Gasteiger partial charge in [0.15, 0.2) is 11.5 Å². The summed E-state index contributed by atoms with van der Waals surface area (Å²) in [6.07, 6.45) is 7.26. The molecule has 0 saturated carbocycles. The molecule has 1 aromatic carbocycles. The predicted octanol–water partition coefficient (Wildman–Crippen LogP) is 4.15. The molecule has 0 spiro atoms. The molecular weight excluding hydrogens is 398 g/mol. The van der Waals surface area contributed by atoms with Gasteiger partial charge in [-0.05, 0) is 80.5 Å². The molecule has 2 aliphatic rings. The van der Waals surface area contributed by atoms with Crippen molar-refractivity contribution in [1.29, 1.82) is 0 Å². The van der Waals surface area contributed by atoms with Crippen LogP contribution in [0.2, 0.25) is 0 Å². The molecule has 0 amide bonds. The number of pyridine rings is 1. The normalized spacial score (nSPS) is 20.3. The molecule has 1 atom stereocenters. The van der Waals surface area contributed by atoms with Gasteiger partial charge in [-0.3, -0.25) is 4.98 Å². The average Bonchev–Trinajstić information content (AvgIpc) is 3.15. The Balaban J connectivity index is 1.32. The van der Waals surface area contributed by atoms with E-state index >= 15 is 0 Å². The highest BCUT2D eigenvalue weighted by Gasteiger charge is 2.23. The van der Waals surface area contributed by atoms with Crippen molar-refractivity contribution in [1.82, 2.24) is 14.8 Å². The number of aryl methyl sites for hydroxylation is 1. The Morgan fingerprint density at radius 3 is 2.31 bits per heavy atom. The third-order valence-corrected chi connectivity index (χ3v) is 7.10. The number of benzene rings is 1. The highest BCUT2D eigenvalue weighted by molar-refractivity contribution is 5.48. The minimum atomic E-state index is 0.758. The average molecular weight is 438 g/mol. The Kier molecular flexibility index (Phi) is 8.04. The largest absolute Gasteiger partial charge is 0.493 e. The first-order valence-corrected chi connectivity index (χ1v) is 12.3. The maximum absolute atomic E-state index is 5.53. The molecular formula is C27H39N3O2. The van der Waals surface area contributed by atoms with Crippen molar-refractivity contribution >= 4 is 0 Å². The van der Waals surface area contributed by atoms with Crippen molar-refractivity contribution in [3.63, 3.8) is 0 Å². The van der Waals surface area contributed by atoms with Crippen LogP contribution in [0.1, 0.15) is 41.8 Å². The van der Waals surface area contributed by atoms with Crippen LogP contribution in [0.3, 0.4) is 0 Å². The van der Waals surface area contributed by atoms with Crippen molar-refractivity contribution in [2.45, 2.75) is 45.4 Å². The van der Waals surface area contributed by atoms with E-state index in [0.717, 1.165) is 62.0 Å². The molecule has 3 heterocycles. The summed E-state index contributed by atoms with van der Waals surface area (Å²) in [6, 6.07) is 10.7. The Hall–Kier alpha value is -2.11. The lowest BCUT2D eigenvalue weighted by Gasteiger charge is -2.29. The summed E-state index contributed by atoms with van der Waals surface area (Å²) in [7, 11) is 3.44. The summed E-state index contributed by atoms with van der Waals surface area (Å²) < 4.78 is 11.1. The zero-order chi connectivity index (χ0) is 22.3.